The quantitative estimate of drug-likeness (QED) is 0.0450. The molecule has 0 radical (unpaired) electrons. The molecule has 440 valence electrons. The van der Waals surface area contributed by atoms with E-state index in [0.29, 0.717) is 36.6 Å². The summed E-state index contributed by atoms with van der Waals surface area (Å²) in [4.78, 5) is 93.5. The average Bonchev–Trinajstić information content (AvgIpc) is 4.09. The monoisotopic (exact) mass is 1150 g/mol. The number of hydrogen-bond acceptors (Lipinski definition) is 14. The van der Waals surface area contributed by atoms with Gasteiger partial charge in [-0.2, -0.15) is 13.2 Å². The number of β-amino-alcohol motifs (C(OH)–C–C–N with tert-alkyl or cyclic N) is 1. The number of aliphatic hydroxyl groups is 1. The Morgan fingerprint density at radius 2 is 1.57 bits per heavy atom. The number of H-pyrrole nitrogens is 1. The van der Waals surface area contributed by atoms with E-state index in [1.807, 2.05) is 77.8 Å². The molecule has 5 atom stereocenters. The molecule has 24 heteroatoms. The molecule has 2 fully saturated rings. The number of carbonyl (C=O) groups is 5. The number of rotatable bonds is 22. The van der Waals surface area contributed by atoms with Gasteiger partial charge in [-0.1, -0.05) is 51.1 Å². The first-order chi connectivity index (χ1) is 38.4. The number of amides is 5. The molecular formula is C57H73F4N9O10S. The minimum absolute atomic E-state index is 0.0294. The molecule has 2 aromatic heterocycles. The number of alkyl halides is 3. The van der Waals surface area contributed by atoms with Crippen molar-refractivity contribution in [1.29, 1.82) is 0 Å². The molecule has 5 heterocycles. The lowest BCUT2D eigenvalue weighted by Gasteiger charge is -2.44. The van der Waals surface area contributed by atoms with Crippen LogP contribution in [0.15, 0.2) is 65.0 Å². The van der Waals surface area contributed by atoms with Crippen LogP contribution in [0.25, 0.3) is 16.0 Å². The number of benzene rings is 2. The molecule has 0 unspecified atom stereocenters. The van der Waals surface area contributed by atoms with Crippen molar-refractivity contribution in [2.45, 2.75) is 110 Å². The van der Waals surface area contributed by atoms with E-state index in [1.54, 1.807) is 27.8 Å². The summed E-state index contributed by atoms with van der Waals surface area (Å²) in [7, 11) is 1.96. The van der Waals surface area contributed by atoms with Crippen LogP contribution in [0.1, 0.15) is 93.0 Å². The maximum Gasteiger partial charge on any atom is 0.417 e. The second-order valence-corrected chi connectivity index (χ2v) is 22.6. The van der Waals surface area contributed by atoms with Gasteiger partial charge in [-0.15, -0.1) is 11.3 Å². The van der Waals surface area contributed by atoms with Gasteiger partial charge in [-0.3, -0.25) is 33.7 Å². The number of thiazole rings is 1. The number of pyridine rings is 1. The smallest absolute Gasteiger partial charge is 0.391 e. The number of likely N-dealkylation sites (N-methyl/N-ethyl adjacent to an activating group) is 1. The molecule has 19 nitrogen and oxygen atoms in total. The van der Waals surface area contributed by atoms with Crippen molar-refractivity contribution in [3.05, 3.63) is 104 Å². The largest absolute Gasteiger partial charge is 0.417 e. The van der Waals surface area contributed by atoms with Crippen molar-refractivity contribution in [2.24, 2.45) is 5.41 Å². The topological polar surface area (TPSA) is 228 Å². The van der Waals surface area contributed by atoms with E-state index >= 15 is 4.39 Å². The lowest BCUT2D eigenvalue weighted by Crippen LogP contribution is -2.57. The number of anilines is 2. The first-order valence-electron chi connectivity index (χ1n) is 27.1. The first-order valence-corrected chi connectivity index (χ1v) is 27.9. The maximum atomic E-state index is 16.1. The number of likely N-dealkylation sites (tertiary alicyclic amines) is 1. The van der Waals surface area contributed by atoms with Crippen LogP contribution in [0.2, 0.25) is 0 Å². The fraction of sp³-hybridized carbons (Fsp3) is 0.526. The standard InChI is InChI=1S/C57H73F4N9O10S/c1-34-30-69(31-35(2)67(34)7)46-27-44(58)41(25-45(46)65-53(75)42-29-62-49(73)26-43(42)57(59,60)61)38-12-16-68(17-13-38)50(74)15-19-79-21-23-80-22-20-78-18-14-48(72)66-52(56(4,5)6)55(77)70-32-40(71)24-47(70)54(76)63-28-37-8-10-39(11-9-37)51-36(3)64-33-81-51/h8-12,25-27,29,33-35,40,47,52,71H,13-24,28,30-32H2,1-7H3,(H,62,73)(H,63,76)(H,65,75)(H,66,72)/t34-,35+,40-,47+,52-/m1/s1. The Kier molecular flexibility index (Phi) is 21.0. The Labute approximate surface area is 472 Å². The van der Waals surface area contributed by atoms with E-state index in [2.05, 4.69) is 30.8 Å². The number of aryl methyl sites for hydroxylation is 1. The third-order valence-electron chi connectivity index (χ3n) is 14.8. The molecular weight excluding hydrogens is 1080 g/mol. The molecule has 7 rings (SSSR count). The molecule has 0 spiro atoms. The molecule has 81 heavy (non-hydrogen) atoms. The number of carbonyl (C=O) groups excluding carboxylic acids is 5. The highest BCUT2D eigenvalue weighted by molar-refractivity contribution is 7.13. The van der Waals surface area contributed by atoms with E-state index in [1.165, 1.54) is 17.0 Å². The van der Waals surface area contributed by atoms with Gasteiger partial charge in [0.2, 0.25) is 29.2 Å². The molecule has 2 saturated heterocycles. The van der Waals surface area contributed by atoms with Crippen LogP contribution < -0.4 is 26.4 Å². The van der Waals surface area contributed by atoms with Crippen LogP contribution in [0.3, 0.4) is 0 Å². The molecule has 5 amide bonds. The number of aromatic amines is 1. The van der Waals surface area contributed by atoms with Crippen LogP contribution in [0.4, 0.5) is 28.9 Å². The van der Waals surface area contributed by atoms with Crippen molar-refractivity contribution in [3.8, 4) is 10.4 Å². The van der Waals surface area contributed by atoms with Gasteiger partial charge in [0.15, 0.2) is 0 Å². The summed E-state index contributed by atoms with van der Waals surface area (Å²) in [5.41, 5.74) is 1.72. The number of halogens is 4. The fourth-order valence-electron chi connectivity index (χ4n) is 10.0. The number of hydrogen-bond donors (Lipinski definition) is 5. The predicted octanol–water partition coefficient (Wildman–Crippen LogP) is 6.00. The first kappa shape index (κ1) is 62.0. The fourth-order valence-corrected chi connectivity index (χ4v) is 10.8. The third-order valence-corrected chi connectivity index (χ3v) is 15.8. The van der Waals surface area contributed by atoms with Crippen molar-refractivity contribution >= 4 is 57.8 Å². The van der Waals surface area contributed by atoms with E-state index in [9.17, 15) is 47.0 Å². The molecule has 3 aliphatic heterocycles. The van der Waals surface area contributed by atoms with E-state index in [-0.39, 0.29) is 121 Å². The van der Waals surface area contributed by atoms with Gasteiger partial charge in [-0.25, -0.2) is 9.37 Å². The molecule has 3 aliphatic rings. The van der Waals surface area contributed by atoms with Gasteiger partial charge in [0.1, 0.15) is 17.9 Å². The zero-order valence-corrected chi connectivity index (χ0v) is 47.6. The number of aliphatic hydroxyl groups excluding tert-OH is 1. The summed E-state index contributed by atoms with van der Waals surface area (Å²) in [6, 6.07) is 8.94. The SMILES string of the molecule is Cc1ncsc1-c1ccc(CNC(=O)[C@@H]2C[C@@H](O)CN2C(=O)[C@@H](NC(=O)CCOCCOCCOCCC(=O)N2CC=C(c3cc(NC(=O)c4c[nH]c(=O)cc4C(F)(F)F)c(N4C[C@@H](C)N(C)[C@@H](C)C4)cc3F)CC2)C(C)(C)C)cc1. The third kappa shape index (κ3) is 16.3. The zero-order valence-electron chi connectivity index (χ0n) is 46.8. The van der Waals surface area contributed by atoms with Gasteiger partial charge in [0.05, 0.1) is 90.7 Å². The molecule has 2 aromatic carbocycles. The van der Waals surface area contributed by atoms with Crippen molar-refractivity contribution in [1.82, 2.24) is 35.3 Å². The summed E-state index contributed by atoms with van der Waals surface area (Å²) >= 11 is 1.55. The number of ether oxygens (including phenoxy) is 3. The average molecular weight is 1150 g/mol. The highest BCUT2D eigenvalue weighted by Gasteiger charge is 2.45. The van der Waals surface area contributed by atoms with Crippen molar-refractivity contribution < 1.29 is 60.9 Å². The summed E-state index contributed by atoms with van der Waals surface area (Å²) in [5.74, 6) is -3.22. The Morgan fingerprint density at radius 1 is 0.914 bits per heavy atom. The molecule has 4 aromatic rings. The van der Waals surface area contributed by atoms with Crippen LogP contribution in [0, 0.1) is 18.2 Å². The minimum Gasteiger partial charge on any atom is -0.391 e. The van der Waals surface area contributed by atoms with Gasteiger partial charge in [0, 0.05) is 82.0 Å². The van der Waals surface area contributed by atoms with E-state index in [0.717, 1.165) is 21.7 Å². The van der Waals surface area contributed by atoms with Gasteiger partial charge in [-0.05, 0) is 68.5 Å². The van der Waals surface area contributed by atoms with Gasteiger partial charge in [0.25, 0.3) is 5.91 Å². The van der Waals surface area contributed by atoms with Crippen molar-refractivity contribution in [3.63, 3.8) is 0 Å². The molecule has 5 N–H and O–H groups in total. The Hall–Kier alpha value is -6.57. The molecule has 0 saturated carbocycles. The van der Waals surface area contributed by atoms with E-state index < -0.39 is 75.9 Å². The minimum atomic E-state index is -5.00. The summed E-state index contributed by atoms with van der Waals surface area (Å²) in [6.07, 6.45) is -3.14. The number of piperazine rings is 1. The second kappa shape index (κ2) is 27.5. The number of nitrogens with zero attached hydrogens (tertiary/aromatic N) is 5. The van der Waals surface area contributed by atoms with Crippen LogP contribution in [-0.4, -0.2) is 169 Å². The second-order valence-electron chi connectivity index (χ2n) is 21.8. The normalized spacial score (nSPS) is 19.3. The number of nitrogens with one attached hydrogen (secondary N) is 4. The van der Waals surface area contributed by atoms with E-state index in [4.69, 9.17) is 14.2 Å². The van der Waals surface area contributed by atoms with Crippen LogP contribution >= 0.6 is 11.3 Å². The van der Waals surface area contributed by atoms with Crippen LogP contribution in [-0.2, 0) is 46.1 Å². The Bertz CT molecular complexity index is 2950. The molecule has 0 aliphatic carbocycles. The highest BCUT2D eigenvalue weighted by atomic mass is 32.1. The van der Waals surface area contributed by atoms with Crippen molar-refractivity contribution in [2.75, 3.05) is 89.6 Å². The summed E-state index contributed by atoms with van der Waals surface area (Å²) in [6.45, 7) is 13.8. The Morgan fingerprint density at radius 3 is 2.17 bits per heavy atom. The number of aromatic nitrogens is 2. The maximum absolute atomic E-state index is 16.1. The summed E-state index contributed by atoms with van der Waals surface area (Å²) in [5, 5.41) is 18.9. The van der Waals surface area contributed by atoms with Gasteiger partial charge >= 0.3 is 6.18 Å². The lowest BCUT2D eigenvalue weighted by atomic mass is 9.85. The van der Waals surface area contributed by atoms with Gasteiger partial charge < -0.3 is 55.0 Å². The highest BCUT2D eigenvalue weighted by Crippen LogP contribution is 2.38. The Balaban J connectivity index is 0.806. The predicted molar refractivity (Wildman–Crippen MR) is 298 cm³/mol. The lowest BCUT2D eigenvalue weighted by molar-refractivity contribution is -0.144. The zero-order chi connectivity index (χ0) is 58.8. The summed E-state index contributed by atoms with van der Waals surface area (Å²) < 4.78 is 74.8. The molecule has 0 bridgehead atoms. The van der Waals surface area contributed by atoms with Crippen LogP contribution in [0.5, 0.6) is 0 Å².